The van der Waals surface area contributed by atoms with E-state index < -0.39 is 0 Å². The Morgan fingerprint density at radius 1 is 1.35 bits per heavy atom. The molecule has 1 aromatic heterocycles. The van der Waals surface area contributed by atoms with Gasteiger partial charge in [0.05, 0.1) is 6.54 Å². The van der Waals surface area contributed by atoms with Gasteiger partial charge in [-0.2, -0.15) is 5.10 Å². The van der Waals surface area contributed by atoms with E-state index in [1.165, 1.54) is 5.56 Å². The van der Waals surface area contributed by atoms with Gasteiger partial charge in [0.1, 0.15) is 11.4 Å². The molecule has 20 heavy (non-hydrogen) atoms. The van der Waals surface area contributed by atoms with Gasteiger partial charge in [0.2, 0.25) is 0 Å². The molecule has 0 saturated carbocycles. The average molecular weight is 271 g/mol. The van der Waals surface area contributed by atoms with Gasteiger partial charge < -0.3 is 10.1 Å². The molecule has 1 aliphatic heterocycles. The SMILES string of the molecule is CC1(C)CC(NCCn2cccn2)c2ccccc2O1. The summed E-state index contributed by atoms with van der Waals surface area (Å²) in [5, 5.41) is 7.85. The van der Waals surface area contributed by atoms with Crippen LogP contribution in [0.1, 0.15) is 31.9 Å². The van der Waals surface area contributed by atoms with Crippen molar-refractivity contribution in [3.8, 4) is 5.75 Å². The van der Waals surface area contributed by atoms with Crippen LogP contribution in [0.2, 0.25) is 0 Å². The van der Waals surface area contributed by atoms with E-state index in [-0.39, 0.29) is 5.60 Å². The van der Waals surface area contributed by atoms with Gasteiger partial charge in [-0.3, -0.25) is 4.68 Å². The highest BCUT2D eigenvalue weighted by molar-refractivity contribution is 5.38. The van der Waals surface area contributed by atoms with E-state index in [4.69, 9.17) is 4.74 Å². The Hall–Kier alpha value is -1.81. The van der Waals surface area contributed by atoms with Crippen molar-refractivity contribution in [3.05, 3.63) is 48.3 Å². The number of aromatic nitrogens is 2. The number of benzene rings is 1. The van der Waals surface area contributed by atoms with E-state index in [1.807, 2.05) is 29.2 Å². The molecule has 1 unspecified atom stereocenters. The molecule has 106 valence electrons. The minimum Gasteiger partial charge on any atom is -0.487 e. The van der Waals surface area contributed by atoms with Crippen LogP contribution in [0.25, 0.3) is 0 Å². The second-order valence-corrected chi connectivity index (χ2v) is 5.88. The summed E-state index contributed by atoms with van der Waals surface area (Å²) in [5.74, 6) is 1.00. The van der Waals surface area contributed by atoms with Crippen LogP contribution in [0, 0.1) is 0 Å². The Morgan fingerprint density at radius 2 is 2.20 bits per heavy atom. The quantitative estimate of drug-likeness (QED) is 0.929. The molecule has 4 heteroatoms. The molecule has 3 rings (SSSR count). The van der Waals surface area contributed by atoms with E-state index >= 15 is 0 Å². The van der Waals surface area contributed by atoms with E-state index in [0.29, 0.717) is 6.04 Å². The highest BCUT2D eigenvalue weighted by atomic mass is 16.5. The Labute approximate surface area is 119 Å². The molecule has 0 amide bonds. The number of nitrogens with one attached hydrogen (secondary N) is 1. The fourth-order valence-electron chi connectivity index (χ4n) is 2.77. The summed E-state index contributed by atoms with van der Waals surface area (Å²) in [6, 6.07) is 10.6. The van der Waals surface area contributed by atoms with Gasteiger partial charge >= 0.3 is 0 Å². The zero-order valence-corrected chi connectivity index (χ0v) is 12.0. The minimum atomic E-state index is -0.127. The maximum Gasteiger partial charge on any atom is 0.124 e. The molecule has 0 radical (unpaired) electrons. The molecule has 1 aliphatic rings. The molecular weight excluding hydrogens is 250 g/mol. The maximum absolute atomic E-state index is 6.04. The number of nitrogens with zero attached hydrogens (tertiary/aromatic N) is 2. The summed E-state index contributed by atoms with van der Waals surface area (Å²) in [6.45, 7) is 6.07. The predicted octanol–water partition coefficient (Wildman–Crippen LogP) is 2.78. The number of para-hydroxylation sites is 1. The van der Waals surface area contributed by atoms with Crippen molar-refractivity contribution in [2.75, 3.05) is 6.54 Å². The molecule has 0 bridgehead atoms. The van der Waals surface area contributed by atoms with Crippen molar-refractivity contribution in [1.29, 1.82) is 0 Å². The summed E-state index contributed by atoms with van der Waals surface area (Å²) in [4.78, 5) is 0. The van der Waals surface area contributed by atoms with Crippen molar-refractivity contribution in [2.45, 2.75) is 38.5 Å². The molecule has 1 atom stereocenters. The Bertz CT molecular complexity index is 563. The fourth-order valence-corrected chi connectivity index (χ4v) is 2.77. The molecule has 1 aromatic carbocycles. The number of hydrogen-bond donors (Lipinski definition) is 1. The fraction of sp³-hybridized carbons (Fsp3) is 0.438. The van der Waals surface area contributed by atoms with E-state index in [2.05, 4.69) is 42.5 Å². The van der Waals surface area contributed by atoms with Gasteiger partial charge in [0.25, 0.3) is 0 Å². The zero-order chi connectivity index (χ0) is 14.0. The topological polar surface area (TPSA) is 39.1 Å². The first kappa shape index (κ1) is 13.2. The summed E-state index contributed by atoms with van der Waals surface area (Å²) >= 11 is 0. The standard InChI is InChI=1S/C16H21N3O/c1-16(2)12-14(13-6-3-4-7-15(13)20-16)17-9-11-19-10-5-8-18-19/h3-8,10,14,17H,9,11-12H2,1-2H3. The molecule has 4 nitrogen and oxygen atoms in total. The normalized spacial score (nSPS) is 20.2. The van der Waals surface area contributed by atoms with Crippen molar-refractivity contribution < 1.29 is 4.74 Å². The van der Waals surface area contributed by atoms with Crippen LogP contribution in [-0.2, 0) is 6.54 Å². The highest BCUT2D eigenvalue weighted by Gasteiger charge is 2.32. The van der Waals surface area contributed by atoms with Crippen LogP contribution in [-0.4, -0.2) is 21.9 Å². The number of rotatable bonds is 4. The van der Waals surface area contributed by atoms with Gasteiger partial charge in [0.15, 0.2) is 0 Å². The smallest absolute Gasteiger partial charge is 0.124 e. The molecule has 1 N–H and O–H groups in total. The third kappa shape index (κ3) is 2.85. The second kappa shape index (κ2) is 5.29. The lowest BCUT2D eigenvalue weighted by molar-refractivity contribution is 0.0659. The van der Waals surface area contributed by atoms with Crippen LogP contribution >= 0.6 is 0 Å². The van der Waals surface area contributed by atoms with Gasteiger partial charge in [-0.1, -0.05) is 18.2 Å². The molecule has 0 fully saturated rings. The first-order valence-electron chi connectivity index (χ1n) is 7.13. The van der Waals surface area contributed by atoms with Crippen LogP contribution in [0.4, 0.5) is 0 Å². The number of fused-ring (bicyclic) bond motifs is 1. The lowest BCUT2D eigenvalue weighted by atomic mass is 9.90. The molecule has 2 heterocycles. The second-order valence-electron chi connectivity index (χ2n) is 5.88. The zero-order valence-electron chi connectivity index (χ0n) is 12.0. The summed E-state index contributed by atoms with van der Waals surface area (Å²) in [5.41, 5.74) is 1.13. The first-order valence-corrected chi connectivity index (χ1v) is 7.13. The third-order valence-corrected chi connectivity index (χ3v) is 3.67. The average Bonchev–Trinajstić information content (AvgIpc) is 2.90. The first-order chi connectivity index (χ1) is 9.64. The van der Waals surface area contributed by atoms with Gasteiger partial charge in [-0.15, -0.1) is 0 Å². The van der Waals surface area contributed by atoms with Gasteiger partial charge in [-0.25, -0.2) is 0 Å². The van der Waals surface area contributed by atoms with Crippen molar-refractivity contribution in [2.24, 2.45) is 0 Å². The lowest BCUT2D eigenvalue weighted by Crippen LogP contribution is -2.40. The van der Waals surface area contributed by atoms with E-state index in [0.717, 1.165) is 25.3 Å². The molecule has 0 saturated heterocycles. The van der Waals surface area contributed by atoms with Crippen molar-refractivity contribution in [3.63, 3.8) is 0 Å². The van der Waals surface area contributed by atoms with Crippen LogP contribution in [0.5, 0.6) is 5.75 Å². The number of hydrogen-bond acceptors (Lipinski definition) is 3. The highest BCUT2D eigenvalue weighted by Crippen LogP contribution is 2.38. The Balaban J connectivity index is 1.69. The van der Waals surface area contributed by atoms with Crippen molar-refractivity contribution in [1.82, 2.24) is 15.1 Å². The van der Waals surface area contributed by atoms with Crippen LogP contribution < -0.4 is 10.1 Å². The monoisotopic (exact) mass is 271 g/mol. The maximum atomic E-state index is 6.04. The van der Waals surface area contributed by atoms with Gasteiger partial charge in [-0.05, 0) is 26.0 Å². The third-order valence-electron chi connectivity index (χ3n) is 3.67. The Kier molecular flexibility index (Phi) is 3.49. The van der Waals surface area contributed by atoms with E-state index in [1.54, 1.807) is 0 Å². The number of ether oxygens (including phenoxy) is 1. The molecule has 0 aliphatic carbocycles. The summed E-state index contributed by atoms with van der Waals surface area (Å²) in [6.07, 6.45) is 4.78. The molecule has 2 aromatic rings. The van der Waals surface area contributed by atoms with Crippen molar-refractivity contribution >= 4 is 0 Å². The predicted molar refractivity (Wildman–Crippen MR) is 78.7 cm³/mol. The largest absolute Gasteiger partial charge is 0.487 e. The Morgan fingerprint density at radius 3 is 3.00 bits per heavy atom. The summed E-state index contributed by atoms with van der Waals surface area (Å²) < 4.78 is 7.99. The molecular formula is C16H21N3O. The van der Waals surface area contributed by atoms with Crippen LogP contribution in [0.15, 0.2) is 42.7 Å². The van der Waals surface area contributed by atoms with Crippen LogP contribution in [0.3, 0.4) is 0 Å². The lowest BCUT2D eigenvalue weighted by Gasteiger charge is -2.38. The molecule has 0 spiro atoms. The minimum absolute atomic E-state index is 0.127. The summed E-state index contributed by atoms with van der Waals surface area (Å²) in [7, 11) is 0. The van der Waals surface area contributed by atoms with Gasteiger partial charge in [0, 0.05) is 37.0 Å². The van der Waals surface area contributed by atoms with E-state index in [9.17, 15) is 0 Å².